The van der Waals surface area contributed by atoms with E-state index in [2.05, 4.69) is 39.1 Å². The zero-order valence-electron chi connectivity index (χ0n) is 32.9. The number of hydrogen-bond donors (Lipinski definition) is 3. The Morgan fingerprint density at radius 1 is 0.945 bits per heavy atom. The maximum Gasteiger partial charge on any atom is 0.573 e. The minimum Gasteiger partial charge on any atom is -0.405 e. The van der Waals surface area contributed by atoms with Crippen LogP contribution in [0.25, 0.3) is 16.7 Å². The summed E-state index contributed by atoms with van der Waals surface area (Å²) in [5.74, 6) is 0.119. The van der Waals surface area contributed by atoms with Gasteiger partial charge < -0.3 is 35.4 Å². The van der Waals surface area contributed by atoms with Crippen molar-refractivity contribution in [3.8, 4) is 16.9 Å². The topological polar surface area (TPSA) is 109 Å². The number of alkyl halides is 3. The number of ether oxygens (including phenoxy) is 1. The summed E-state index contributed by atoms with van der Waals surface area (Å²) in [5, 5.41) is 8.93. The van der Waals surface area contributed by atoms with Crippen LogP contribution in [-0.2, 0) is 9.59 Å². The Morgan fingerprint density at radius 2 is 1.60 bits per heavy atom. The lowest BCUT2D eigenvalue weighted by molar-refractivity contribution is -0.274. The third kappa shape index (κ3) is 10.8. The smallest absolute Gasteiger partial charge is 0.405 e. The molecule has 4 amide bonds. The lowest BCUT2D eigenvalue weighted by Crippen LogP contribution is -2.56. The zero-order valence-corrected chi connectivity index (χ0v) is 32.9. The third-order valence-electron chi connectivity index (χ3n) is 10.7. The van der Waals surface area contributed by atoms with E-state index in [9.17, 15) is 27.6 Å². The van der Waals surface area contributed by atoms with Gasteiger partial charge in [-0.05, 0) is 68.0 Å². The van der Waals surface area contributed by atoms with Gasteiger partial charge in [-0.2, -0.15) is 0 Å². The van der Waals surface area contributed by atoms with Crippen LogP contribution in [0.3, 0.4) is 0 Å². The van der Waals surface area contributed by atoms with Crippen LogP contribution in [0.1, 0.15) is 59.4 Å². The second kappa shape index (κ2) is 17.5. The molecule has 0 aliphatic carbocycles. The summed E-state index contributed by atoms with van der Waals surface area (Å²) in [6.07, 6.45) is -0.544. The number of likely N-dealkylation sites (N-methyl/N-ethyl adjacent to an activating group) is 1. The van der Waals surface area contributed by atoms with Crippen LogP contribution >= 0.6 is 0 Å². The molecule has 0 bridgehead atoms. The van der Waals surface area contributed by atoms with Crippen molar-refractivity contribution >= 4 is 29.1 Å². The van der Waals surface area contributed by atoms with Crippen molar-refractivity contribution < 1.29 is 32.3 Å². The van der Waals surface area contributed by atoms with E-state index >= 15 is 0 Å². The van der Waals surface area contributed by atoms with E-state index in [4.69, 9.17) is 0 Å². The first kappa shape index (κ1) is 41.6. The molecule has 3 saturated heterocycles. The van der Waals surface area contributed by atoms with Gasteiger partial charge in [0.25, 0.3) is 0 Å². The maximum atomic E-state index is 13.6. The molecule has 0 aromatic heterocycles. The number of hydrogen-bond acceptors (Lipinski definition) is 7. The molecule has 300 valence electrons. The number of nitrogens with zero attached hydrogens (tertiary/aromatic N) is 4. The normalized spacial score (nSPS) is 20.4. The number of allylic oxidation sites excluding steroid dienone is 1. The largest absolute Gasteiger partial charge is 0.573 e. The van der Waals surface area contributed by atoms with Gasteiger partial charge in [0, 0.05) is 86.5 Å². The van der Waals surface area contributed by atoms with Gasteiger partial charge in [-0.15, -0.1) is 13.2 Å². The van der Waals surface area contributed by atoms with Crippen LogP contribution < -0.4 is 20.7 Å². The Morgan fingerprint density at radius 3 is 2.20 bits per heavy atom. The number of rotatable bonds is 10. The molecular formula is C41H56F3N7O4. The van der Waals surface area contributed by atoms with E-state index in [0.29, 0.717) is 50.2 Å². The molecule has 11 nitrogen and oxygen atoms in total. The van der Waals surface area contributed by atoms with Crippen LogP contribution in [-0.4, -0.2) is 115 Å². The SMILES string of the molecule is C=C(N/C=C(\C)c1ccc(-c2ccc(NC(=O)N3CCN(C4CCN(C(=O)C(C)(C)C)CC4)CC3)cc2OC(F)(F)F)cc1)C1CC(C)CN1C(=O)CNC. The van der Waals surface area contributed by atoms with Crippen molar-refractivity contribution in [3.63, 3.8) is 0 Å². The Labute approximate surface area is 322 Å². The molecule has 3 heterocycles. The summed E-state index contributed by atoms with van der Waals surface area (Å²) in [4.78, 5) is 46.3. The minimum atomic E-state index is -4.94. The Balaban J connectivity index is 1.19. The maximum absolute atomic E-state index is 13.6. The average Bonchev–Trinajstić information content (AvgIpc) is 3.54. The molecule has 2 aromatic carbocycles. The van der Waals surface area contributed by atoms with Crippen LogP contribution in [0, 0.1) is 11.3 Å². The van der Waals surface area contributed by atoms with Crippen molar-refractivity contribution in [2.75, 3.05) is 64.7 Å². The minimum absolute atomic E-state index is 0.0222. The highest BCUT2D eigenvalue weighted by Crippen LogP contribution is 2.37. The number of nitrogens with one attached hydrogen (secondary N) is 3. The molecule has 14 heteroatoms. The van der Waals surface area contributed by atoms with Crippen LogP contribution in [0.4, 0.5) is 23.7 Å². The van der Waals surface area contributed by atoms with Gasteiger partial charge in [0.05, 0.1) is 12.6 Å². The number of likely N-dealkylation sites (tertiary alicyclic amines) is 2. The summed E-state index contributed by atoms with van der Waals surface area (Å²) < 4.78 is 45.2. The van der Waals surface area contributed by atoms with E-state index < -0.39 is 23.6 Å². The van der Waals surface area contributed by atoms with Crippen molar-refractivity contribution in [1.82, 2.24) is 30.2 Å². The number of halogens is 3. The zero-order chi connectivity index (χ0) is 40.1. The van der Waals surface area contributed by atoms with E-state index in [1.165, 1.54) is 12.1 Å². The molecule has 0 saturated carbocycles. The van der Waals surface area contributed by atoms with Crippen molar-refractivity contribution in [1.29, 1.82) is 0 Å². The van der Waals surface area contributed by atoms with Gasteiger partial charge in [-0.1, -0.05) is 58.5 Å². The first-order chi connectivity index (χ1) is 25.9. The number of piperazine rings is 1. The quantitative estimate of drug-likeness (QED) is 0.258. The Hall–Kier alpha value is -4.56. The monoisotopic (exact) mass is 767 g/mol. The third-order valence-corrected chi connectivity index (χ3v) is 10.7. The molecule has 2 unspecified atom stereocenters. The fourth-order valence-corrected chi connectivity index (χ4v) is 7.65. The van der Waals surface area contributed by atoms with E-state index in [1.54, 1.807) is 30.1 Å². The average molecular weight is 768 g/mol. The summed E-state index contributed by atoms with van der Waals surface area (Å²) in [6.45, 7) is 18.7. The number of urea groups is 1. The lowest BCUT2D eigenvalue weighted by atomic mass is 9.92. The van der Waals surface area contributed by atoms with Gasteiger partial charge in [0.15, 0.2) is 0 Å². The Bertz CT molecular complexity index is 1720. The first-order valence-electron chi connectivity index (χ1n) is 19.1. The van der Waals surface area contributed by atoms with Crippen molar-refractivity contribution in [2.45, 2.75) is 72.3 Å². The molecule has 3 fully saturated rings. The molecule has 55 heavy (non-hydrogen) atoms. The number of benzene rings is 2. The van der Waals surface area contributed by atoms with E-state index in [0.717, 1.165) is 49.2 Å². The van der Waals surface area contributed by atoms with Crippen molar-refractivity contribution in [3.05, 3.63) is 66.5 Å². The summed E-state index contributed by atoms with van der Waals surface area (Å²) in [5.41, 5.74) is 2.95. The number of piperidine rings is 1. The number of amides is 4. The molecule has 0 spiro atoms. The van der Waals surface area contributed by atoms with Gasteiger partial charge >= 0.3 is 12.4 Å². The molecule has 3 N–H and O–H groups in total. The fourth-order valence-electron chi connectivity index (χ4n) is 7.65. The van der Waals surface area contributed by atoms with Crippen LogP contribution in [0.15, 0.2) is 60.9 Å². The highest BCUT2D eigenvalue weighted by molar-refractivity contribution is 5.90. The van der Waals surface area contributed by atoms with Gasteiger partial charge in [-0.25, -0.2) is 4.79 Å². The lowest BCUT2D eigenvalue weighted by Gasteiger charge is -2.43. The molecular weight excluding hydrogens is 711 g/mol. The summed E-state index contributed by atoms with van der Waals surface area (Å²) in [6, 6.07) is 11.2. The second-order valence-corrected chi connectivity index (χ2v) is 16.0. The van der Waals surface area contributed by atoms with Gasteiger partial charge in [-0.3, -0.25) is 14.5 Å². The van der Waals surface area contributed by atoms with Crippen LogP contribution in [0.2, 0.25) is 0 Å². The molecule has 2 atom stereocenters. The molecule has 3 aliphatic rings. The summed E-state index contributed by atoms with van der Waals surface area (Å²) >= 11 is 0. The van der Waals surface area contributed by atoms with Gasteiger partial charge in [0.2, 0.25) is 11.8 Å². The second-order valence-electron chi connectivity index (χ2n) is 16.0. The summed E-state index contributed by atoms with van der Waals surface area (Å²) in [7, 11) is 1.74. The van der Waals surface area contributed by atoms with Crippen LogP contribution in [0.5, 0.6) is 5.75 Å². The van der Waals surface area contributed by atoms with E-state index in [-0.39, 0.29) is 35.7 Å². The highest BCUT2D eigenvalue weighted by atomic mass is 19.4. The first-order valence-corrected chi connectivity index (χ1v) is 19.1. The van der Waals surface area contributed by atoms with Crippen molar-refractivity contribution in [2.24, 2.45) is 11.3 Å². The predicted molar refractivity (Wildman–Crippen MR) is 209 cm³/mol. The fraction of sp³-hybridized carbons (Fsp3) is 0.537. The van der Waals surface area contributed by atoms with E-state index in [1.807, 2.05) is 55.8 Å². The van der Waals surface area contributed by atoms with Gasteiger partial charge in [0.1, 0.15) is 5.75 Å². The molecule has 5 rings (SSSR count). The molecule has 3 aliphatic heterocycles. The Kier molecular flexibility index (Phi) is 13.2. The molecule has 0 radical (unpaired) electrons. The standard InChI is InChI=1S/C41H56F3N7O4/c1-27-22-35(51(26-27)37(52)25-45-7)29(3)46-24-28(2)30-8-10-31(11-9-30)34-13-12-32(23-36(34)55-41(42,43)44)47-39(54)50-20-18-48(19-21-50)33-14-16-49(17-15-33)38(53)40(4,5)6/h8-13,23-24,27,33,35,45-46H,3,14-22,25-26H2,1-2,4-7H3,(H,47,54)/b28-24+. The number of anilines is 1. The molecule has 2 aromatic rings. The number of carbonyl (C=O) groups is 3. The number of carbonyl (C=O) groups excluding carboxylic acids is 3. The highest BCUT2D eigenvalue weighted by Gasteiger charge is 2.36. The predicted octanol–water partition coefficient (Wildman–Crippen LogP) is 6.36.